The second-order valence-electron chi connectivity index (χ2n) is 8.26. The maximum Gasteiger partial charge on any atom is 0.433 e. The number of hydrogen-bond acceptors (Lipinski definition) is 4. The number of likely N-dealkylation sites (tertiary alicyclic amines) is 1. The van der Waals surface area contributed by atoms with Gasteiger partial charge in [-0.05, 0) is 42.0 Å². The fourth-order valence-corrected chi connectivity index (χ4v) is 4.83. The van der Waals surface area contributed by atoms with Gasteiger partial charge in [-0.1, -0.05) is 30.3 Å². The van der Waals surface area contributed by atoms with Crippen LogP contribution in [0.4, 0.5) is 19.1 Å². The first kappa shape index (κ1) is 19.1. The molecule has 2 aromatic rings. The van der Waals surface area contributed by atoms with E-state index in [4.69, 9.17) is 0 Å². The zero-order chi connectivity index (χ0) is 20.9. The number of carbonyl (C=O) groups excluding carboxylic acids is 1. The van der Waals surface area contributed by atoms with Crippen molar-refractivity contribution in [3.05, 3.63) is 59.4 Å². The number of nitrogens with zero attached hydrogens (tertiary/aromatic N) is 4. The molecule has 1 aromatic carbocycles. The maximum atomic E-state index is 13.3. The Labute approximate surface area is 172 Å². The van der Waals surface area contributed by atoms with Gasteiger partial charge < -0.3 is 9.80 Å². The number of aromatic nitrogens is 2. The molecule has 0 radical (unpaired) electrons. The number of hydrogen-bond donors (Lipinski definition) is 0. The van der Waals surface area contributed by atoms with Gasteiger partial charge in [-0.2, -0.15) is 13.2 Å². The molecule has 30 heavy (non-hydrogen) atoms. The molecule has 0 N–H and O–H groups in total. The number of amides is 1. The Morgan fingerprint density at radius 3 is 2.73 bits per heavy atom. The number of alkyl halides is 3. The van der Waals surface area contributed by atoms with Crippen LogP contribution in [0.3, 0.4) is 0 Å². The van der Waals surface area contributed by atoms with Crippen molar-refractivity contribution in [2.75, 3.05) is 31.1 Å². The van der Waals surface area contributed by atoms with E-state index in [-0.39, 0.29) is 11.9 Å². The summed E-state index contributed by atoms with van der Waals surface area (Å²) in [6, 6.07) is 9.09. The molecule has 3 aliphatic rings. The summed E-state index contributed by atoms with van der Waals surface area (Å²) < 4.78 is 39.0. The fourth-order valence-electron chi connectivity index (χ4n) is 4.83. The van der Waals surface area contributed by atoms with Crippen LogP contribution in [0.2, 0.25) is 0 Å². The molecule has 5 rings (SSSR count). The summed E-state index contributed by atoms with van der Waals surface area (Å²) in [7, 11) is 0. The summed E-state index contributed by atoms with van der Waals surface area (Å²) >= 11 is 0. The molecule has 1 aliphatic carbocycles. The highest BCUT2D eigenvalue weighted by molar-refractivity contribution is 5.88. The van der Waals surface area contributed by atoms with Crippen LogP contribution in [0.25, 0.3) is 5.57 Å². The van der Waals surface area contributed by atoms with E-state index in [0.29, 0.717) is 39.0 Å². The highest BCUT2D eigenvalue weighted by atomic mass is 19.4. The molecule has 8 heteroatoms. The summed E-state index contributed by atoms with van der Waals surface area (Å²) in [5, 5.41) is 0. The Balaban J connectivity index is 1.30. The highest BCUT2D eigenvalue weighted by Crippen LogP contribution is 2.43. The first-order valence-electron chi connectivity index (χ1n) is 10.1. The van der Waals surface area contributed by atoms with Crippen molar-refractivity contribution in [1.29, 1.82) is 0 Å². The Morgan fingerprint density at radius 2 is 1.90 bits per heavy atom. The topological polar surface area (TPSA) is 49.3 Å². The van der Waals surface area contributed by atoms with E-state index < -0.39 is 17.3 Å². The molecule has 156 valence electrons. The fraction of sp³-hybridized carbons (Fsp3) is 0.409. The monoisotopic (exact) mass is 414 g/mol. The van der Waals surface area contributed by atoms with E-state index in [0.717, 1.165) is 18.7 Å². The summed E-state index contributed by atoms with van der Waals surface area (Å²) in [5.41, 5.74) is 2.14. The highest BCUT2D eigenvalue weighted by Gasteiger charge is 2.51. The lowest BCUT2D eigenvalue weighted by atomic mass is 9.85. The van der Waals surface area contributed by atoms with Gasteiger partial charge >= 0.3 is 6.18 Å². The third kappa shape index (κ3) is 3.14. The van der Waals surface area contributed by atoms with E-state index in [1.807, 2.05) is 17.0 Å². The van der Waals surface area contributed by atoms with Crippen LogP contribution in [0.15, 0.2) is 42.6 Å². The second kappa shape index (κ2) is 6.82. The molecule has 1 aromatic heterocycles. The van der Waals surface area contributed by atoms with Gasteiger partial charge in [0.05, 0.1) is 5.41 Å². The average Bonchev–Trinajstić information content (AvgIpc) is 3.43. The van der Waals surface area contributed by atoms with Crippen LogP contribution in [0.5, 0.6) is 0 Å². The number of halogens is 3. The van der Waals surface area contributed by atoms with Gasteiger partial charge in [0.2, 0.25) is 11.9 Å². The minimum Gasteiger partial charge on any atom is -0.340 e. The number of allylic oxidation sites excluding steroid dienone is 1. The molecular formula is C22H21F3N4O. The molecule has 1 amide bonds. The predicted molar refractivity (Wildman–Crippen MR) is 106 cm³/mol. The standard InChI is InChI=1S/C22H21F3N4O/c23-22(24,25)18-7-10-26-20(27-18)29-12-9-21(14-29)8-11-28(19(21)30)13-16-6-5-15-3-1-2-4-17(15)16/h1-4,6-7,10H,5,8-9,11-14H2. The molecule has 1 spiro atoms. The molecule has 3 heterocycles. The van der Waals surface area contributed by atoms with Gasteiger partial charge in [0.15, 0.2) is 0 Å². The van der Waals surface area contributed by atoms with Gasteiger partial charge in [0.25, 0.3) is 0 Å². The lowest BCUT2D eigenvalue weighted by molar-refractivity contribution is -0.141. The molecule has 1 atom stereocenters. The summed E-state index contributed by atoms with van der Waals surface area (Å²) in [6.07, 6.45) is 0.997. The minimum absolute atomic E-state index is 0.0420. The van der Waals surface area contributed by atoms with Crippen molar-refractivity contribution in [3.8, 4) is 0 Å². The normalized spacial score (nSPS) is 23.4. The third-order valence-electron chi connectivity index (χ3n) is 6.46. The lowest BCUT2D eigenvalue weighted by Gasteiger charge is -2.24. The predicted octanol–water partition coefficient (Wildman–Crippen LogP) is 3.56. The third-order valence-corrected chi connectivity index (χ3v) is 6.46. The summed E-state index contributed by atoms with van der Waals surface area (Å²) in [4.78, 5) is 24.6. The summed E-state index contributed by atoms with van der Waals surface area (Å²) in [5.74, 6) is 0.127. The van der Waals surface area contributed by atoms with E-state index in [9.17, 15) is 18.0 Å². The van der Waals surface area contributed by atoms with E-state index in [2.05, 4.69) is 28.2 Å². The number of rotatable bonds is 3. The smallest absolute Gasteiger partial charge is 0.340 e. The molecule has 5 nitrogen and oxygen atoms in total. The van der Waals surface area contributed by atoms with Crippen molar-refractivity contribution in [3.63, 3.8) is 0 Å². The quantitative estimate of drug-likeness (QED) is 0.771. The Morgan fingerprint density at radius 1 is 1.10 bits per heavy atom. The first-order chi connectivity index (χ1) is 14.4. The second-order valence-corrected chi connectivity index (χ2v) is 8.26. The molecule has 2 fully saturated rings. The summed E-state index contributed by atoms with van der Waals surface area (Å²) in [6.45, 7) is 2.08. The van der Waals surface area contributed by atoms with Crippen molar-refractivity contribution in [2.24, 2.45) is 5.41 Å². The van der Waals surface area contributed by atoms with E-state index in [1.165, 1.54) is 16.7 Å². The molecular weight excluding hydrogens is 393 g/mol. The van der Waals surface area contributed by atoms with Gasteiger partial charge in [-0.3, -0.25) is 4.79 Å². The van der Waals surface area contributed by atoms with Crippen LogP contribution in [0, 0.1) is 5.41 Å². The van der Waals surface area contributed by atoms with Crippen molar-refractivity contribution < 1.29 is 18.0 Å². The van der Waals surface area contributed by atoms with Crippen LogP contribution < -0.4 is 4.90 Å². The van der Waals surface area contributed by atoms with Crippen LogP contribution in [0.1, 0.15) is 29.7 Å². The van der Waals surface area contributed by atoms with Crippen molar-refractivity contribution >= 4 is 17.4 Å². The van der Waals surface area contributed by atoms with E-state index in [1.54, 1.807) is 4.90 Å². The number of fused-ring (bicyclic) bond motifs is 1. The van der Waals surface area contributed by atoms with Crippen LogP contribution in [-0.2, 0) is 17.4 Å². The van der Waals surface area contributed by atoms with Crippen LogP contribution in [-0.4, -0.2) is 47.0 Å². The Kier molecular flexibility index (Phi) is 4.34. The number of anilines is 1. The zero-order valence-electron chi connectivity index (χ0n) is 16.3. The number of carbonyl (C=O) groups is 1. The van der Waals surface area contributed by atoms with Crippen molar-refractivity contribution in [1.82, 2.24) is 14.9 Å². The Bertz CT molecular complexity index is 1040. The van der Waals surface area contributed by atoms with Gasteiger partial charge in [0, 0.05) is 32.4 Å². The first-order valence-corrected chi connectivity index (χ1v) is 10.1. The molecule has 2 saturated heterocycles. The Hall–Kier alpha value is -2.90. The van der Waals surface area contributed by atoms with Gasteiger partial charge in [0.1, 0.15) is 5.69 Å². The zero-order valence-corrected chi connectivity index (χ0v) is 16.3. The molecule has 2 aliphatic heterocycles. The van der Waals surface area contributed by atoms with Crippen LogP contribution >= 0.6 is 0 Å². The minimum atomic E-state index is -4.51. The van der Waals surface area contributed by atoms with E-state index >= 15 is 0 Å². The van der Waals surface area contributed by atoms with Crippen molar-refractivity contribution in [2.45, 2.75) is 25.4 Å². The van der Waals surface area contributed by atoms with Gasteiger partial charge in [-0.15, -0.1) is 0 Å². The maximum absolute atomic E-state index is 13.3. The molecule has 1 unspecified atom stereocenters. The van der Waals surface area contributed by atoms with Gasteiger partial charge in [-0.25, -0.2) is 9.97 Å². The lowest BCUT2D eigenvalue weighted by Crippen LogP contribution is -2.37. The molecule has 0 bridgehead atoms. The molecule has 0 saturated carbocycles. The SMILES string of the molecule is O=C1N(CC2=CCc3ccccc32)CCC12CCN(c1nccc(C(F)(F)F)n1)C2. The number of benzene rings is 1. The largest absolute Gasteiger partial charge is 0.433 e. The average molecular weight is 414 g/mol.